The van der Waals surface area contributed by atoms with Crippen molar-refractivity contribution in [2.75, 3.05) is 18.9 Å². The normalized spacial score (nSPS) is 10.6. The molecule has 0 aliphatic rings. The summed E-state index contributed by atoms with van der Waals surface area (Å²) in [5.74, 6) is -0.537. The van der Waals surface area contributed by atoms with Gasteiger partial charge in [-0.15, -0.1) is 0 Å². The quantitative estimate of drug-likeness (QED) is 0.695. The maximum Gasteiger partial charge on any atom is 0.254 e. The van der Waals surface area contributed by atoms with Gasteiger partial charge in [0.2, 0.25) is 5.91 Å². The zero-order valence-corrected chi connectivity index (χ0v) is 15.5. The zero-order valence-electron chi connectivity index (χ0n) is 14.0. The molecule has 0 atom stereocenters. The highest BCUT2D eigenvalue weighted by Crippen LogP contribution is 2.25. The molecule has 0 bridgehead atoms. The number of nitrogens with zero attached hydrogens (tertiary/aromatic N) is 1. The van der Waals surface area contributed by atoms with Crippen LogP contribution in [0.25, 0.3) is 10.8 Å². The van der Waals surface area contributed by atoms with Crippen molar-refractivity contribution in [3.05, 3.63) is 76.3 Å². The number of carbonyl (C=O) groups is 2. The molecule has 26 heavy (non-hydrogen) atoms. The van der Waals surface area contributed by atoms with E-state index in [2.05, 4.69) is 5.32 Å². The largest absolute Gasteiger partial charge is 0.332 e. The van der Waals surface area contributed by atoms with Crippen LogP contribution in [0.4, 0.5) is 5.69 Å². The number of likely N-dealkylation sites (N-methyl/N-ethyl adjacent to an activating group) is 1. The summed E-state index contributed by atoms with van der Waals surface area (Å²) in [5.41, 5.74) is 1.09. The van der Waals surface area contributed by atoms with E-state index in [0.717, 1.165) is 10.8 Å². The predicted molar refractivity (Wildman–Crippen MR) is 106 cm³/mol. The van der Waals surface area contributed by atoms with Crippen molar-refractivity contribution >= 4 is 51.5 Å². The average Bonchev–Trinajstić information content (AvgIpc) is 2.63. The number of benzene rings is 3. The van der Waals surface area contributed by atoms with Crippen molar-refractivity contribution in [2.24, 2.45) is 0 Å². The molecular weight excluding hydrogens is 371 g/mol. The van der Waals surface area contributed by atoms with Crippen molar-refractivity contribution in [3.63, 3.8) is 0 Å². The van der Waals surface area contributed by atoms with Crippen LogP contribution in [0.5, 0.6) is 0 Å². The lowest BCUT2D eigenvalue weighted by Crippen LogP contribution is -2.35. The fourth-order valence-corrected chi connectivity index (χ4v) is 2.98. The highest BCUT2D eigenvalue weighted by molar-refractivity contribution is 6.42. The summed E-state index contributed by atoms with van der Waals surface area (Å²) in [6.07, 6.45) is 0. The Labute approximate surface area is 161 Å². The van der Waals surface area contributed by atoms with E-state index in [0.29, 0.717) is 21.3 Å². The van der Waals surface area contributed by atoms with Crippen LogP contribution in [0, 0.1) is 0 Å². The van der Waals surface area contributed by atoms with E-state index in [1.807, 2.05) is 36.4 Å². The number of rotatable bonds is 4. The van der Waals surface area contributed by atoms with Crippen LogP contribution in [0.3, 0.4) is 0 Å². The molecule has 0 radical (unpaired) electrons. The molecule has 0 unspecified atom stereocenters. The van der Waals surface area contributed by atoms with Gasteiger partial charge in [-0.1, -0.05) is 59.6 Å². The average molecular weight is 387 g/mol. The number of halogens is 2. The number of anilines is 1. The maximum absolute atomic E-state index is 12.8. The topological polar surface area (TPSA) is 49.4 Å². The van der Waals surface area contributed by atoms with E-state index in [9.17, 15) is 9.59 Å². The standard InChI is InChI=1S/C20H16Cl2N2O2/c1-24(12-19(25)23-14-9-10-17(21)18(22)11-14)20(26)16-8-4-6-13-5-2-3-7-15(13)16/h2-11H,12H2,1H3,(H,23,25). The highest BCUT2D eigenvalue weighted by Gasteiger charge is 2.17. The molecule has 0 aromatic heterocycles. The summed E-state index contributed by atoms with van der Waals surface area (Å²) in [6, 6.07) is 18.0. The van der Waals surface area contributed by atoms with Crippen molar-refractivity contribution in [3.8, 4) is 0 Å². The number of carbonyl (C=O) groups excluding carboxylic acids is 2. The van der Waals surface area contributed by atoms with Crippen LogP contribution in [0.2, 0.25) is 10.0 Å². The van der Waals surface area contributed by atoms with E-state index >= 15 is 0 Å². The van der Waals surface area contributed by atoms with Crippen LogP contribution in [0.15, 0.2) is 60.7 Å². The number of fused-ring (bicyclic) bond motifs is 1. The molecular formula is C20H16Cl2N2O2. The number of nitrogens with one attached hydrogen (secondary N) is 1. The molecule has 2 amide bonds. The Bertz CT molecular complexity index is 983. The molecule has 4 nitrogen and oxygen atoms in total. The van der Waals surface area contributed by atoms with E-state index in [1.165, 1.54) is 4.90 Å². The molecule has 0 saturated carbocycles. The monoisotopic (exact) mass is 386 g/mol. The molecule has 0 fully saturated rings. The molecule has 0 saturated heterocycles. The Kier molecular flexibility index (Phi) is 5.45. The Morgan fingerprint density at radius 2 is 1.69 bits per heavy atom. The second-order valence-electron chi connectivity index (χ2n) is 5.86. The third-order valence-corrected chi connectivity index (χ3v) is 4.69. The van der Waals surface area contributed by atoms with Gasteiger partial charge in [0.1, 0.15) is 0 Å². The zero-order chi connectivity index (χ0) is 18.7. The molecule has 132 valence electrons. The second-order valence-corrected chi connectivity index (χ2v) is 6.68. The van der Waals surface area contributed by atoms with Crippen LogP contribution < -0.4 is 5.32 Å². The summed E-state index contributed by atoms with van der Waals surface area (Å²) in [6.45, 7) is -0.0811. The summed E-state index contributed by atoms with van der Waals surface area (Å²) < 4.78 is 0. The molecule has 0 spiro atoms. The van der Waals surface area contributed by atoms with Gasteiger partial charge in [-0.05, 0) is 35.0 Å². The summed E-state index contributed by atoms with van der Waals surface area (Å²) in [7, 11) is 1.60. The Morgan fingerprint density at radius 3 is 2.46 bits per heavy atom. The van der Waals surface area contributed by atoms with Crippen LogP contribution in [-0.4, -0.2) is 30.3 Å². The van der Waals surface area contributed by atoms with Gasteiger partial charge in [0, 0.05) is 18.3 Å². The molecule has 3 aromatic rings. The van der Waals surface area contributed by atoms with E-state index in [-0.39, 0.29) is 18.4 Å². The Hall–Kier alpha value is -2.56. The molecule has 3 aromatic carbocycles. The Balaban J connectivity index is 1.72. The molecule has 3 rings (SSSR count). The first kappa shape index (κ1) is 18.2. The molecule has 0 heterocycles. The smallest absolute Gasteiger partial charge is 0.254 e. The van der Waals surface area contributed by atoms with Crippen molar-refractivity contribution in [2.45, 2.75) is 0 Å². The molecule has 1 N–H and O–H groups in total. The van der Waals surface area contributed by atoms with Crippen molar-refractivity contribution in [1.82, 2.24) is 4.90 Å². The van der Waals surface area contributed by atoms with Gasteiger partial charge in [0.15, 0.2) is 0 Å². The lowest BCUT2D eigenvalue weighted by Gasteiger charge is -2.18. The van der Waals surface area contributed by atoms with Gasteiger partial charge in [0.05, 0.1) is 16.6 Å². The van der Waals surface area contributed by atoms with Crippen LogP contribution >= 0.6 is 23.2 Å². The van der Waals surface area contributed by atoms with E-state index < -0.39 is 0 Å². The SMILES string of the molecule is CN(CC(=O)Nc1ccc(Cl)c(Cl)c1)C(=O)c1cccc2ccccc12. The first-order valence-corrected chi connectivity index (χ1v) is 8.69. The van der Waals surface area contributed by atoms with Gasteiger partial charge in [-0.25, -0.2) is 0 Å². The summed E-state index contributed by atoms with van der Waals surface area (Å²) in [4.78, 5) is 26.4. The summed E-state index contributed by atoms with van der Waals surface area (Å²) >= 11 is 11.8. The first-order valence-electron chi connectivity index (χ1n) is 7.94. The predicted octanol–water partition coefficient (Wildman–Crippen LogP) is 4.86. The maximum atomic E-state index is 12.8. The van der Waals surface area contributed by atoms with Crippen molar-refractivity contribution in [1.29, 1.82) is 0 Å². The number of amides is 2. The van der Waals surface area contributed by atoms with Gasteiger partial charge < -0.3 is 10.2 Å². The lowest BCUT2D eigenvalue weighted by molar-refractivity contribution is -0.116. The molecule has 6 heteroatoms. The third kappa shape index (κ3) is 3.98. The van der Waals surface area contributed by atoms with Crippen molar-refractivity contribution < 1.29 is 9.59 Å². The van der Waals surface area contributed by atoms with E-state index in [1.54, 1.807) is 31.3 Å². The second kappa shape index (κ2) is 7.77. The fourth-order valence-electron chi connectivity index (χ4n) is 2.68. The molecule has 0 aliphatic carbocycles. The molecule has 0 aliphatic heterocycles. The number of hydrogen-bond acceptors (Lipinski definition) is 2. The highest BCUT2D eigenvalue weighted by atomic mass is 35.5. The van der Waals surface area contributed by atoms with Gasteiger partial charge >= 0.3 is 0 Å². The summed E-state index contributed by atoms with van der Waals surface area (Å²) in [5, 5.41) is 5.31. The minimum absolute atomic E-state index is 0.0811. The minimum atomic E-state index is -0.320. The van der Waals surface area contributed by atoms with Gasteiger partial charge in [0.25, 0.3) is 5.91 Å². The minimum Gasteiger partial charge on any atom is -0.332 e. The van der Waals surface area contributed by atoms with Crippen LogP contribution in [0.1, 0.15) is 10.4 Å². The Morgan fingerprint density at radius 1 is 0.962 bits per heavy atom. The fraction of sp³-hybridized carbons (Fsp3) is 0.100. The van der Waals surface area contributed by atoms with Crippen LogP contribution in [-0.2, 0) is 4.79 Å². The lowest BCUT2D eigenvalue weighted by atomic mass is 10.0. The first-order chi connectivity index (χ1) is 12.5. The van der Waals surface area contributed by atoms with Gasteiger partial charge in [-0.2, -0.15) is 0 Å². The van der Waals surface area contributed by atoms with E-state index in [4.69, 9.17) is 23.2 Å². The number of hydrogen-bond donors (Lipinski definition) is 1. The third-order valence-electron chi connectivity index (χ3n) is 3.95. The van der Waals surface area contributed by atoms with Gasteiger partial charge in [-0.3, -0.25) is 9.59 Å².